The average molecular weight is 331 g/mol. The minimum atomic E-state index is -0.831. The highest BCUT2D eigenvalue weighted by Crippen LogP contribution is 2.40. The van der Waals surface area contributed by atoms with Crippen molar-refractivity contribution in [1.82, 2.24) is 20.1 Å². The first kappa shape index (κ1) is 15.5. The van der Waals surface area contributed by atoms with E-state index in [4.69, 9.17) is 5.73 Å². The van der Waals surface area contributed by atoms with E-state index >= 15 is 0 Å². The number of nitrogens with zero attached hydrogens (tertiary/aromatic N) is 3. The Hall–Kier alpha value is -2.35. The van der Waals surface area contributed by atoms with Crippen molar-refractivity contribution >= 4 is 23.7 Å². The molecule has 8 heteroatoms. The molecule has 1 heterocycles. The Morgan fingerprint density at radius 3 is 2.70 bits per heavy atom. The Balaban J connectivity index is 1.67. The molecule has 0 atom stereocenters. The molecule has 3 rings (SSSR count). The van der Waals surface area contributed by atoms with E-state index in [-0.39, 0.29) is 6.42 Å². The summed E-state index contributed by atoms with van der Waals surface area (Å²) < 4.78 is 1.88. The second-order valence-electron chi connectivity index (χ2n) is 5.29. The number of hydrogen-bond donors (Lipinski definition) is 2. The van der Waals surface area contributed by atoms with Gasteiger partial charge in [0.2, 0.25) is 11.1 Å². The van der Waals surface area contributed by atoms with Crippen molar-refractivity contribution in [2.24, 2.45) is 5.73 Å². The number of benzene rings is 1. The second kappa shape index (κ2) is 6.82. The molecule has 1 aromatic carbocycles. The summed E-state index contributed by atoms with van der Waals surface area (Å²) in [6.07, 6.45) is 2.46. The number of thioether (sulfide) groups is 1. The van der Waals surface area contributed by atoms with Gasteiger partial charge in [-0.2, -0.15) is 0 Å². The third-order valence-corrected chi connectivity index (χ3v) is 4.22. The van der Waals surface area contributed by atoms with Gasteiger partial charge < -0.3 is 5.73 Å². The molecular formula is C15H17N5O2S. The zero-order valence-electron chi connectivity index (χ0n) is 12.4. The average Bonchev–Trinajstić information content (AvgIpc) is 3.28. The minimum absolute atomic E-state index is 0.187. The Labute approximate surface area is 137 Å². The van der Waals surface area contributed by atoms with Crippen molar-refractivity contribution in [1.29, 1.82) is 0 Å². The SMILES string of the molecule is NC(=O)NC(=O)CCSc1nc(C2CC2)n(-c2ccccc2)n1. The number of aromatic nitrogens is 3. The molecule has 7 nitrogen and oxygen atoms in total. The lowest BCUT2D eigenvalue weighted by atomic mass is 10.3. The smallest absolute Gasteiger partial charge is 0.318 e. The van der Waals surface area contributed by atoms with Gasteiger partial charge in [-0.25, -0.2) is 14.5 Å². The number of primary amides is 1. The van der Waals surface area contributed by atoms with Crippen LogP contribution in [-0.2, 0) is 4.79 Å². The molecule has 120 valence electrons. The van der Waals surface area contributed by atoms with Gasteiger partial charge in [-0.15, -0.1) is 5.10 Å². The highest BCUT2D eigenvalue weighted by Gasteiger charge is 2.30. The van der Waals surface area contributed by atoms with Crippen LogP contribution in [0.2, 0.25) is 0 Å². The molecule has 0 aliphatic heterocycles. The van der Waals surface area contributed by atoms with E-state index in [9.17, 15) is 9.59 Å². The van der Waals surface area contributed by atoms with Gasteiger partial charge in [0.15, 0.2) is 0 Å². The Bertz CT molecular complexity index is 712. The Kier molecular flexibility index (Phi) is 4.61. The standard InChI is InChI=1S/C15H17N5O2S/c16-14(22)17-12(21)8-9-23-15-18-13(10-6-7-10)20(19-15)11-4-2-1-3-5-11/h1-5,10H,6-9H2,(H3,16,17,21,22). The molecule has 1 aromatic heterocycles. The third-order valence-electron chi connectivity index (χ3n) is 3.38. The van der Waals surface area contributed by atoms with Gasteiger partial charge in [0.05, 0.1) is 5.69 Å². The summed E-state index contributed by atoms with van der Waals surface area (Å²) in [4.78, 5) is 26.6. The van der Waals surface area contributed by atoms with E-state index in [1.165, 1.54) is 11.8 Å². The maximum atomic E-state index is 11.4. The van der Waals surface area contributed by atoms with Gasteiger partial charge in [0, 0.05) is 18.1 Å². The van der Waals surface area contributed by atoms with Gasteiger partial charge in [-0.1, -0.05) is 30.0 Å². The van der Waals surface area contributed by atoms with Crippen LogP contribution in [0.15, 0.2) is 35.5 Å². The first-order valence-electron chi connectivity index (χ1n) is 7.38. The van der Waals surface area contributed by atoms with E-state index in [0.717, 1.165) is 24.4 Å². The van der Waals surface area contributed by atoms with Crippen molar-refractivity contribution < 1.29 is 9.59 Å². The number of nitrogens with one attached hydrogen (secondary N) is 1. The van der Waals surface area contributed by atoms with Crippen molar-refractivity contribution in [2.75, 3.05) is 5.75 Å². The normalized spacial score (nSPS) is 13.7. The Morgan fingerprint density at radius 2 is 2.04 bits per heavy atom. The predicted octanol–water partition coefficient (Wildman–Crippen LogP) is 1.82. The molecule has 3 amide bonds. The highest BCUT2D eigenvalue weighted by molar-refractivity contribution is 7.99. The lowest BCUT2D eigenvalue weighted by molar-refractivity contribution is -0.119. The molecule has 0 spiro atoms. The summed E-state index contributed by atoms with van der Waals surface area (Å²) in [5.74, 6) is 1.53. The lowest BCUT2D eigenvalue weighted by Gasteiger charge is -2.03. The molecule has 2 aromatic rings. The van der Waals surface area contributed by atoms with E-state index < -0.39 is 11.9 Å². The molecule has 0 bridgehead atoms. The summed E-state index contributed by atoms with van der Waals surface area (Å²) in [6, 6.07) is 9.06. The van der Waals surface area contributed by atoms with E-state index in [2.05, 4.69) is 10.1 Å². The highest BCUT2D eigenvalue weighted by atomic mass is 32.2. The molecule has 1 fully saturated rings. The first-order chi connectivity index (χ1) is 11.1. The molecule has 0 unspecified atom stereocenters. The topological polar surface area (TPSA) is 103 Å². The van der Waals surface area contributed by atoms with Crippen molar-refractivity contribution in [3.63, 3.8) is 0 Å². The largest absolute Gasteiger partial charge is 0.351 e. The van der Waals surface area contributed by atoms with Crippen LogP contribution in [0.1, 0.15) is 31.0 Å². The van der Waals surface area contributed by atoms with Gasteiger partial charge in [0.25, 0.3) is 0 Å². The van der Waals surface area contributed by atoms with Crippen LogP contribution in [0, 0.1) is 0 Å². The number of urea groups is 1. The van der Waals surface area contributed by atoms with E-state index in [1.54, 1.807) is 0 Å². The van der Waals surface area contributed by atoms with Gasteiger partial charge in [-0.05, 0) is 25.0 Å². The van der Waals surface area contributed by atoms with Gasteiger partial charge in [0.1, 0.15) is 5.82 Å². The molecule has 23 heavy (non-hydrogen) atoms. The monoisotopic (exact) mass is 331 g/mol. The molecule has 1 aliphatic rings. The molecule has 1 saturated carbocycles. The fourth-order valence-corrected chi connectivity index (χ4v) is 2.93. The summed E-state index contributed by atoms with van der Waals surface area (Å²) in [6.45, 7) is 0. The van der Waals surface area contributed by atoms with Crippen LogP contribution in [0.25, 0.3) is 5.69 Å². The summed E-state index contributed by atoms with van der Waals surface area (Å²) in [5, 5.41) is 7.23. The van der Waals surface area contributed by atoms with Crippen LogP contribution >= 0.6 is 11.8 Å². The molecule has 0 saturated heterocycles. The van der Waals surface area contributed by atoms with Crippen LogP contribution < -0.4 is 11.1 Å². The number of carbonyl (C=O) groups excluding carboxylic acids is 2. The third kappa shape index (κ3) is 4.10. The number of para-hydroxylation sites is 1. The number of rotatable bonds is 6. The van der Waals surface area contributed by atoms with E-state index in [0.29, 0.717) is 16.8 Å². The van der Waals surface area contributed by atoms with Crippen LogP contribution in [0.4, 0.5) is 4.79 Å². The van der Waals surface area contributed by atoms with Crippen molar-refractivity contribution in [3.8, 4) is 5.69 Å². The zero-order valence-corrected chi connectivity index (χ0v) is 13.3. The zero-order chi connectivity index (χ0) is 16.2. The first-order valence-corrected chi connectivity index (χ1v) is 8.36. The molecule has 3 N–H and O–H groups in total. The van der Waals surface area contributed by atoms with Crippen molar-refractivity contribution in [2.45, 2.75) is 30.3 Å². The second-order valence-corrected chi connectivity index (χ2v) is 6.35. The van der Waals surface area contributed by atoms with Crippen LogP contribution in [0.3, 0.4) is 0 Å². The maximum Gasteiger partial charge on any atom is 0.318 e. The van der Waals surface area contributed by atoms with Gasteiger partial charge in [-0.3, -0.25) is 10.1 Å². The van der Waals surface area contributed by atoms with Crippen LogP contribution in [0.5, 0.6) is 0 Å². The maximum absolute atomic E-state index is 11.4. The molecule has 1 aliphatic carbocycles. The quantitative estimate of drug-likeness (QED) is 0.786. The van der Waals surface area contributed by atoms with Gasteiger partial charge >= 0.3 is 6.03 Å². The Morgan fingerprint density at radius 1 is 1.30 bits per heavy atom. The van der Waals surface area contributed by atoms with E-state index in [1.807, 2.05) is 40.3 Å². The summed E-state index contributed by atoms with van der Waals surface area (Å²) in [7, 11) is 0. The number of nitrogens with two attached hydrogens (primary N) is 1. The van der Waals surface area contributed by atoms with Crippen molar-refractivity contribution in [3.05, 3.63) is 36.2 Å². The van der Waals surface area contributed by atoms with Crippen LogP contribution in [-0.4, -0.2) is 32.5 Å². The fourth-order valence-electron chi connectivity index (χ4n) is 2.17. The number of hydrogen-bond acceptors (Lipinski definition) is 5. The minimum Gasteiger partial charge on any atom is -0.351 e. The number of carbonyl (C=O) groups is 2. The fraction of sp³-hybridized carbons (Fsp3) is 0.333. The molecular weight excluding hydrogens is 314 g/mol. The summed E-state index contributed by atoms with van der Waals surface area (Å²) in [5.41, 5.74) is 5.88. The molecule has 0 radical (unpaired) electrons. The number of imide groups is 1. The summed E-state index contributed by atoms with van der Waals surface area (Å²) >= 11 is 1.39. The lowest BCUT2D eigenvalue weighted by Crippen LogP contribution is -2.35. The number of amides is 3. The predicted molar refractivity (Wildman–Crippen MR) is 86.4 cm³/mol.